The van der Waals surface area contributed by atoms with Gasteiger partial charge in [-0.2, -0.15) is 0 Å². The first kappa shape index (κ1) is 22.9. The zero-order valence-electron chi connectivity index (χ0n) is 18.2. The highest BCUT2D eigenvalue weighted by atomic mass is 35.5. The first-order valence-electron chi connectivity index (χ1n) is 10.4. The Bertz CT molecular complexity index is 781. The van der Waals surface area contributed by atoms with Crippen molar-refractivity contribution >= 4 is 41.1 Å². The van der Waals surface area contributed by atoms with Crippen molar-refractivity contribution in [2.75, 3.05) is 43.4 Å². The third-order valence-corrected chi connectivity index (χ3v) is 6.16. The van der Waals surface area contributed by atoms with Crippen LogP contribution in [0.25, 0.3) is 0 Å². The molecule has 3 rings (SSSR count). The highest BCUT2D eigenvalue weighted by Crippen LogP contribution is 2.25. The monoisotopic (exact) mass is 454 g/mol. The van der Waals surface area contributed by atoms with Crippen molar-refractivity contribution in [1.82, 2.24) is 25.1 Å². The van der Waals surface area contributed by atoms with Gasteiger partial charge in [-0.25, -0.2) is 14.8 Å². The van der Waals surface area contributed by atoms with Crippen molar-refractivity contribution in [1.29, 1.82) is 0 Å². The van der Waals surface area contributed by atoms with Gasteiger partial charge in [0.2, 0.25) is 5.91 Å². The minimum Gasteiger partial charge on any atom is -0.353 e. The van der Waals surface area contributed by atoms with E-state index in [2.05, 4.69) is 20.2 Å². The molecular formula is C20H31ClN6O2S. The molecule has 10 heteroatoms. The molecule has 2 aliphatic heterocycles. The highest BCUT2D eigenvalue weighted by molar-refractivity contribution is 7.99. The van der Waals surface area contributed by atoms with Gasteiger partial charge in [-0.05, 0) is 40.5 Å². The minimum atomic E-state index is -0.271. The first-order valence-corrected chi connectivity index (χ1v) is 11.8. The summed E-state index contributed by atoms with van der Waals surface area (Å²) in [5.74, 6) is 1.17. The van der Waals surface area contributed by atoms with Crippen molar-refractivity contribution in [2.45, 2.75) is 57.3 Å². The molecule has 0 aromatic carbocycles. The van der Waals surface area contributed by atoms with E-state index in [0.717, 1.165) is 31.7 Å². The van der Waals surface area contributed by atoms with Crippen LogP contribution in [0.2, 0.25) is 5.15 Å². The number of hydrogen-bond donors (Lipinski definition) is 1. The molecule has 30 heavy (non-hydrogen) atoms. The van der Waals surface area contributed by atoms with E-state index in [9.17, 15) is 9.59 Å². The lowest BCUT2D eigenvalue weighted by molar-refractivity contribution is -0.127. The van der Waals surface area contributed by atoms with E-state index in [1.807, 2.05) is 37.5 Å². The van der Waals surface area contributed by atoms with E-state index < -0.39 is 0 Å². The maximum Gasteiger partial charge on any atom is 0.318 e. The van der Waals surface area contributed by atoms with Crippen molar-refractivity contribution in [3.63, 3.8) is 0 Å². The second kappa shape index (κ2) is 9.60. The number of aromatic nitrogens is 2. The van der Waals surface area contributed by atoms with Gasteiger partial charge in [-0.1, -0.05) is 23.4 Å². The maximum absolute atomic E-state index is 12.5. The lowest BCUT2D eigenvalue weighted by Crippen LogP contribution is -2.59. The number of carbonyl (C=O) groups excluding carboxylic acids is 2. The molecule has 1 unspecified atom stereocenters. The lowest BCUT2D eigenvalue weighted by atomic mass is 10.1. The Morgan fingerprint density at radius 3 is 2.53 bits per heavy atom. The van der Waals surface area contributed by atoms with Gasteiger partial charge in [0.1, 0.15) is 11.0 Å². The van der Waals surface area contributed by atoms with Crippen LogP contribution in [0.5, 0.6) is 0 Å². The molecule has 0 spiro atoms. The molecule has 1 N–H and O–H groups in total. The number of rotatable bonds is 4. The number of amides is 3. The van der Waals surface area contributed by atoms with Crippen LogP contribution in [-0.2, 0) is 4.79 Å². The number of anilines is 1. The number of hydrogen-bond acceptors (Lipinski definition) is 6. The molecule has 0 radical (unpaired) electrons. The van der Waals surface area contributed by atoms with E-state index in [4.69, 9.17) is 11.6 Å². The molecular weight excluding hydrogens is 424 g/mol. The topological polar surface area (TPSA) is 81.7 Å². The first-order chi connectivity index (χ1) is 14.1. The Morgan fingerprint density at radius 2 is 1.90 bits per heavy atom. The van der Waals surface area contributed by atoms with Crippen LogP contribution in [-0.4, -0.2) is 81.8 Å². The number of piperazine rings is 1. The summed E-state index contributed by atoms with van der Waals surface area (Å²) in [5, 5.41) is 3.89. The molecule has 0 aliphatic carbocycles. The fraction of sp³-hybridized carbons (Fsp3) is 0.700. The smallest absolute Gasteiger partial charge is 0.318 e. The summed E-state index contributed by atoms with van der Waals surface area (Å²) < 4.78 is 0. The molecule has 3 amide bonds. The minimum absolute atomic E-state index is 0.0303. The van der Waals surface area contributed by atoms with Gasteiger partial charge in [0.25, 0.3) is 0 Å². The SMILES string of the molecule is CC1CN(c2cc(Cl)nc(SCC(=O)N3CCCC3)n2)CCN1C(=O)NC(C)(C)C. The third-order valence-electron chi connectivity index (χ3n) is 5.14. The number of urea groups is 1. The van der Waals surface area contributed by atoms with E-state index in [1.54, 1.807) is 6.07 Å². The standard InChI is InChI=1S/C20H31ClN6O2S/c1-14-12-26(9-10-27(14)19(29)24-20(2,3)4)16-11-15(21)22-18(23-16)30-13-17(28)25-7-5-6-8-25/h11,14H,5-10,12-13H2,1-4H3,(H,24,29). The van der Waals surface area contributed by atoms with E-state index in [1.165, 1.54) is 11.8 Å². The van der Waals surface area contributed by atoms with Crippen LogP contribution in [0.1, 0.15) is 40.5 Å². The molecule has 1 aromatic rings. The van der Waals surface area contributed by atoms with Gasteiger partial charge in [0.15, 0.2) is 5.16 Å². The van der Waals surface area contributed by atoms with Crippen LogP contribution in [0.15, 0.2) is 11.2 Å². The summed E-state index contributed by atoms with van der Waals surface area (Å²) in [5.41, 5.74) is -0.271. The van der Waals surface area contributed by atoms with Crippen LogP contribution in [0.4, 0.5) is 10.6 Å². The summed E-state index contributed by atoms with van der Waals surface area (Å²) in [4.78, 5) is 39.6. The summed E-state index contributed by atoms with van der Waals surface area (Å²) >= 11 is 7.56. The molecule has 0 saturated carbocycles. The van der Waals surface area contributed by atoms with Crippen molar-refractivity contribution in [3.05, 3.63) is 11.2 Å². The van der Waals surface area contributed by atoms with Crippen LogP contribution in [0, 0.1) is 0 Å². The summed E-state index contributed by atoms with van der Waals surface area (Å²) in [6.07, 6.45) is 2.15. The zero-order chi connectivity index (χ0) is 21.9. The molecule has 0 bridgehead atoms. The highest BCUT2D eigenvalue weighted by Gasteiger charge is 2.30. The van der Waals surface area contributed by atoms with E-state index in [-0.39, 0.29) is 23.5 Å². The van der Waals surface area contributed by atoms with Gasteiger partial charge in [0.05, 0.1) is 5.75 Å². The predicted molar refractivity (Wildman–Crippen MR) is 120 cm³/mol. The molecule has 8 nitrogen and oxygen atoms in total. The predicted octanol–water partition coefficient (Wildman–Crippen LogP) is 2.86. The Morgan fingerprint density at radius 1 is 1.20 bits per heavy atom. The molecule has 1 aromatic heterocycles. The van der Waals surface area contributed by atoms with E-state index in [0.29, 0.717) is 35.7 Å². The summed E-state index contributed by atoms with van der Waals surface area (Å²) in [7, 11) is 0. The maximum atomic E-state index is 12.5. The van der Waals surface area contributed by atoms with Gasteiger partial charge in [-0.15, -0.1) is 0 Å². The molecule has 2 aliphatic rings. The number of nitrogens with zero attached hydrogens (tertiary/aromatic N) is 5. The Labute approximate surface area is 187 Å². The van der Waals surface area contributed by atoms with Crippen LogP contribution in [0.3, 0.4) is 0 Å². The molecule has 166 valence electrons. The average molecular weight is 455 g/mol. The van der Waals surface area contributed by atoms with Crippen LogP contribution >= 0.6 is 23.4 Å². The number of nitrogens with one attached hydrogen (secondary N) is 1. The van der Waals surface area contributed by atoms with Gasteiger partial charge >= 0.3 is 6.03 Å². The number of likely N-dealkylation sites (tertiary alicyclic amines) is 1. The van der Waals surface area contributed by atoms with Crippen molar-refractivity contribution in [3.8, 4) is 0 Å². The average Bonchev–Trinajstić information content (AvgIpc) is 3.19. The third kappa shape index (κ3) is 6.14. The number of halogens is 1. The van der Waals surface area contributed by atoms with Gasteiger partial charge < -0.3 is 20.0 Å². The van der Waals surface area contributed by atoms with Gasteiger partial charge in [0, 0.05) is 50.4 Å². The van der Waals surface area contributed by atoms with Crippen molar-refractivity contribution in [2.24, 2.45) is 0 Å². The Balaban J connectivity index is 1.61. The summed E-state index contributed by atoms with van der Waals surface area (Å²) in [6, 6.07) is 1.72. The second-order valence-corrected chi connectivity index (χ2v) is 10.2. The van der Waals surface area contributed by atoms with Gasteiger partial charge in [-0.3, -0.25) is 4.79 Å². The van der Waals surface area contributed by atoms with E-state index >= 15 is 0 Å². The van der Waals surface area contributed by atoms with Crippen molar-refractivity contribution < 1.29 is 9.59 Å². The second-order valence-electron chi connectivity index (χ2n) is 8.88. The normalized spacial score (nSPS) is 19.9. The Hall–Kier alpha value is -1.74. The molecule has 1 atom stereocenters. The summed E-state index contributed by atoms with van der Waals surface area (Å²) in [6.45, 7) is 11.5. The fourth-order valence-corrected chi connectivity index (χ4v) is 4.64. The Kier molecular flexibility index (Phi) is 7.34. The number of carbonyl (C=O) groups is 2. The number of thioether (sulfide) groups is 1. The van der Waals surface area contributed by atoms with Crippen LogP contribution < -0.4 is 10.2 Å². The quantitative estimate of drug-likeness (QED) is 0.428. The fourth-order valence-electron chi connectivity index (χ4n) is 3.66. The lowest BCUT2D eigenvalue weighted by Gasteiger charge is -2.41. The largest absolute Gasteiger partial charge is 0.353 e. The molecule has 2 fully saturated rings. The molecule has 2 saturated heterocycles. The molecule has 3 heterocycles. The zero-order valence-corrected chi connectivity index (χ0v) is 19.7.